The summed E-state index contributed by atoms with van der Waals surface area (Å²) in [5.74, 6) is 0. The average Bonchev–Trinajstić information content (AvgIpc) is 3.03. The van der Waals surface area contributed by atoms with Crippen LogP contribution in [0.5, 0.6) is 0 Å². The average molecular weight is 341 g/mol. The number of carbonyl (C=O) groups is 1. The van der Waals surface area contributed by atoms with Crippen LogP contribution >= 0.6 is 11.3 Å². The fraction of sp³-hybridized carbons (Fsp3) is 0.421. The molecule has 0 fully saturated rings. The maximum absolute atomic E-state index is 11.7. The summed E-state index contributed by atoms with van der Waals surface area (Å²) in [5.41, 5.74) is 3.46. The summed E-state index contributed by atoms with van der Waals surface area (Å²) in [4.78, 5) is 17.1. The summed E-state index contributed by atoms with van der Waals surface area (Å²) in [5, 5.41) is 5.57. The standard InChI is InChI=1S/C19H23N3OS/c1-18(2,3)13-9-7-12(8-10-13)15-14(11-23)22-17(20-15)24-16(21-22)19(4,5)6/h7-11H,1-6H3. The minimum Gasteiger partial charge on any atom is -0.296 e. The smallest absolute Gasteiger partial charge is 0.213 e. The molecule has 0 saturated carbocycles. The highest BCUT2D eigenvalue weighted by molar-refractivity contribution is 7.16. The molecule has 0 N–H and O–H groups in total. The molecule has 0 aliphatic rings. The monoisotopic (exact) mass is 341 g/mol. The van der Waals surface area contributed by atoms with E-state index in [-0.39, 0.29) is 10.8 Å². The zero-order valence-electron chi connectivity index (χ0n) is 15.0. The molecule has 0 radical (unpaired) electrons. The van der Waals surface area contributed by atoms with Crippen LogP contribution in [0.15, 0.2) is 24.3 Å². The van der Waals surface area contributed by atoms with Gasteiger partial charge in [0.05, 0.1) is 0 Å². The van der Waals surface area contributed by atoms with Crippen LogP contribution in [0.2, 0.25) is 0 Å². The second-order valence-electron chi connectivity index (χ2n) is 8.14. The minimum absolute atomic E-state index is 0.0555. The molecule has 0 spiro atoms. The maximum atomic E-state index is 11.7. The van der Waals surface area contributed by atoms with Crippen LogP contribution in [-0.4, -0.2) is 20.9 Å². The Morgan fingerprint density at radius 1 is 1.00 bits per heavy atom. The molecule has 1 aromatic carbocycles. The van der Waals surface area contributed by atoms with Crippen molar-refractivity contribution in [3.8, 4) is 11.3 Å². The largest absolute Gasteiger partial charge is 0.296 e. The SMILES string of the molecule is CC(C)(C)c1ccc(-c2nc3sc(C(C)(C)C)nn3c2C=O)cc1. The zero-order valence-corrected chi connectivity index (χ0v) is 15.9. The van der Waals surface area contributed by atoms with Gasteiger partial charge in [-0.25, -0.2) is 4.98 Å². The summed E-state index contributed by atoms with van der Waals surface area (Å²) in [6.07, 6.45) is 0.846. The van der Waals surface area contributed by atoms with Gasteiger partial charge in [-0.3, -0.25) is 4.79 Å². The number of rotatable bonds is 2. The van der Waals surface area contributed by atoms with Gasteiger partial charge in [0.1, 0.15) is 16.4 Å². The number of hydrogen-bond donors (Lipinski definition) is 0. The molecule has 0 bridgehead atoms. The Labute approximate surface area is 146 Å². The van der Waals surface area contributed by atoms with Gasteiger partial charge in [-0.05, 0) is 11.0 Å². The van der Waals surface area contributed by atoms with Gasteiger partial charge in [0.15, 0.2) is 6.29 Å². The summed E-state index contributed by atoms with van der Waals surface area (Å²) >= 11 is 1.54. The van der Waals surface area contributed by atoms with Crippen molar-refractivity contribution in [1.29, 1.82) is 0 Å². The summed E-state index contributed by atoms with van der Waals surface area (Å²) in [7, 11) is 0. The lowest BCUT2D eigenvalue weighted by Gasteiger charge is -2.19. The molecule has 3 rings (SSSR count). The van der Waals surface area contributed by atoms with Crippen molar-refractivity contribution in [2.75, 3.05) is 0 Å². The molecule has 5 heteroatoms. The van der Waals surface area contributed by atoms with Crippen LogP contribution in [0.4, 0.5) is 0 Å². The van der Waals surface area contributed by atoms with Crippen LogP contribution in [0.1, 0.15) is 62.6 Å². The maximum Gasteiger partial charge on any atom is 0.213 e. The van der Waals surface area contributed by atoms with E-state index in [0.717, 1.165) is 21.8 Å². The summed E-state index contributed by atoms with van der Waals surface area (Å²) in [6.45, 7) is 12.9. The van der Waals surface area contributed by atoms with Crippen LogP contribution < -0.4 is 0 Å². The third-order valence-electron chi connectivity index (χ3n) is 4.02. The number of nitrogens with zero attached hydrogens (tertiary/aromatic N) is 3. The molecule has 0 aliphatic carbocycles. The van der Waals surface area contributed by atoms with Gasteiger partial charge in [-0.1, -0.05) is 77.1 Å². The topological polar surface area (TPSA) is 47.3 Å². The molecule has 0 aliphatic heterocycles. The molecule has 0 atom stereocenters. The quantitative estimate of drug-likeness (QED) is 0.625. The Hall–Kier alpha value is -2.01. The zero-order chi connectivity index (χ0) is 17.7. The van der Waals surface area contributed by atoms with Crippen molar-refractivity contribution < 1.29 is 4.79 Å². The normalized spacial score (nSPS) is 12.8. The van der Waals surface area contributed by atoms with E-state index in [2.05, 4.69) is 63.8 Å². The molecule has 2 heterocycles. The Morgan fingerprint density at radius 2 is 1.62 bits per heavy atom. The van der Waals surface area contributed by atoms with Crippen molar-refractivity contribution in [2.24, 2.45) is 0 Å². The molecule has 0 saturated heterocycles. The molecule has 4 nitrogen and oxygen atoms in total. The molecule has 24 heavy (non-hydrogen) atoms. The number of fused-ring (bicyclic) bond motifs is 1. The Balaban J connectivity index is 2.10. The first-order valence-corrected chi connectivity index (χ1v) is 8.89. The first-order chi connectivity index (χ1) is 11.1. The van der Waals surface area contributed by atoms with Gasteiger partial charge in [-0.15, -0.1) is 0 Å². The fourth-order valence-electron chi connectivity index (χ4n) is 2.51. The predicted octanol–water partition coefficient (Wildman–Crippen LogP) is 4.87. The van der Waals surface area contributed by atoms with E-state index in [9.17, 15) is 4.79 Å². The highest BCUT2D eigenvalue weighted by atomic mass is 32.1. The fourth-order valence-corrected chi connectivity index (χ4v) is 3.48. The molecular weight excluding hydrogens is 318 g/mol. The van der Waals surface area contributed by atoms with Crippen molar-refractivity contribution in [2.45, 2.75) is 52.4 Å². The summed E-state index contributed by atoms with van der Waals surface area (Å²) < 4.78 is 1.67. The number of aromatic nitrogens is 3. The molecule has 0 amide bonds. The van der Waals surface area contributed by atoms with E-state index in [1.54, 1.807) is 4.52 Å². The Morgan fingerprint density at radius 3 is 2.12 bits per heavy atom. The molecular formula is C19H23N3OS. The third kappa shape index (κ3) is 2.88. The first kappa shape index (κ1) is 16.8. The van der Waals surface area contributed by atoms with Crippen LogP contribution in [0.3, 0.4) is 0 Å². The highest BCUT2D eigenvalue weighted by Crippen LogP contribution is 2.32. The second-order valence-corrected chi connectivity index (χ2v) is 9.10. The molecule has 0 unspecified atom stereocenters. The van der Waals surface area contributed by atoms with E-state index < -0.39 is 0 Å². The van der Waals surface area contributed by atoms with Crippen molar-refractivity contribution >= 4 is 22.6 Å². The van der Waals surface area contributed by atoms with Gasteiger partial charge in [0, 0.05) is 11.0 Å². The summed E-state index contributed by atoms with van der Waals surface area (Å²) in [6, 6.07) is 8.27. The van der Waals surface area contributed by atoms with Gasteiger partial charge in [0.25, 0.3) is 0 Å². The van der Waals surface area contributed by atoms with Gasteiger partial charge >= 0.3 is 0 Å². The van der Waals surface area contributed by atoms with E-state index in [4.69, 9.17) is 0 Å². The van der Waals surface area contributed by atoms with Crippen LogP contribution in [-0.2, 0) is 10.8 Å². The third-order valence-corrected chi connectivity index (χ3v) is 5.35. The van der Waals surface area contributed by atoms with Gasteiger partial charge in [0.2, 0.25) is 4.96 Å². The van der Waals surface area contributed by atoms with E-state index in [0.29, 0.717) is 11.4 Å². The number of hydrogen-bond acceptors (Lipinski definition) is 4. The van der Waals surface area contributed by atoms with E-state index in [1.807, 2.05) is 12.1 Å². The van der Waals surface area contributed by atoms with Crippen molar-refractivity contribution in [1.82, 2.24) is 14.6 Å². The van der Waals surface area contributed by atoms with Crippen LogP contribution in [0.25, 0.3) is 16.2 Å². The number of carbonyl (C=O) groups excluding carboxylic acids is 1. The predicted molar refractivity (Wildman–Crippen MR) is 99.1 cm³/mol. The van der Waals surface area contributed by atoms with Crippen LogP contribution in [0, 0.1) is 0 Å². The second kappa shape index (κ2) is 5.52. The molecule has 2 aromatic heterocycles. The Bertz CT molecular complexity index is 890. The van der Waals surface area contributed by atoms with Crippen molar-refractivity contribution in [3.63, 3.8) is 0 Å². The number of imidazole rings is 1. The van der Waals surface area contributed by atoms with Gasteiger partial charge < -0.3 is 0 Å². The molecule has 126 valence electrons. The number of aldehydes is 1. The molecule has 3 aromatic rings. The lowest BCUT2D eigenvalue weighted by atomic mass is 9.86. The minimum atomic E-state index is -0.0555. The van der Waals surface area contributed by atoms with E-state index >= 15 is 0 Å². The number of benzene rings is 1. The van der Waals surface area contributed by atoms with E-state index in [1.165, 1.54) is 16.9 Å². The first-order valence-electron chi connectivity index (χ1n) is 8.07. The highest BCUT2D eigenvalue weighted by Gasteiger charge is 2.23. The lowest BCUT2D eigenvalue weighted by molar-refractivity contribution is 0.111. The van der Waals surface area contributed by atoms with Crippen molar-refractivity contribution in [3.05, 3.63) is 40.5 Å². The Kier molecular flexibility index (Phi) is 3.87. The van der Waals surface area contributed by atoms with Gasteiger partial charge in [-0.2, -0.15) is 9.61 Å². The lowest BCUT2D eigenvalue weighted by Crippen LogP contribution is -2.11.